The van der Waals surface area contributed by atoms with Crippen LogP contribution in [0.25, 0.3) is 0 Å². The molecule has 1 saturated carbocycles. The van der Waals surface area contributed by atoms with Crippen LogP contribution >= 0.6 is 0 Å². The van der Waals surface area contributed by atoms with Crippen molar-refractivity contribution in [1.82, 2.24) is 4.90 Å². The van der Waals surface area contributed by atoms with E-state index in [1.165, 1.54) is 29.5 Å². The summed E-state index contributed by atoms with van der Waals surface area (Å²) in [6, 6.07) is 5.34. The molecule has 0 unspecified atom stereocenters. The third-order valence-electron chi connectivity index (χ3n) is 4.40. The SMILES string of the molecule is CN1C(=O)N(c2ccccc2F)C(=O)/C1=C/C1CCCCC1. The van der Waals surface area contributed by atoms with E-state index in [0.717, 1.165) is 30.6 Å². The summed E-state index contributed by atoms with van der Waals surface area (Å²) < 4.78 is 13.9. The maximum Gasteiger partial charge on any atom is 0.336 e. The molecule has 3 rings (SSSR count). The molecule has 22 heavy (non-hydrogen) atoms. The van der Waals surface area contributed by atoms with Gasteiger partial charge in [0.1, 0.15) is 11.5 Å². The summed E-state index contributed by atoms with van der Waals surface area (Å²) in [5.41, 5.74) is 0.372. The number of allylic oxidation sites excluding steroid dienone is 1. The number of halogens is 1. The highest BCUT2D eigenvalue weighted by Crippen LogP contribution is 2.31. The zero-order valence-corrected chi connectivity index (χ0v) is 12.6. The van der Waals surface area contributed by atoms with Crippen LogP contribution in [0.5, 0.6) is 0 Å². The first-order valence-corrected chi connectivity index (χ1v) is 7.68. The normalized spacial score (nSPS) is 22.0. The van der Waals surface area contributed by atoms with Crippen molar-refractivity contribution in [2.24, 2.45) is 5.92 Å². The maximum absolute atomic E-state index is 13.9. The monoisotopic (exact) mass is 302 g/mol. The Balaban J connectivity index is 1.92. The van der Waals surface area contributed by atoms with Gasteiger partial charge in [0.05, 0.1) is 5.69 Å². The fraction of sp³-hybridized carbons (Fsp3) is 0.412. The summed E-state index contributed by atoms with van der Waals surface area (Å²) in [5.74, 6) is -0.691. The Morgan fingerprint density at radius 1 is 1.14 bits per heavy atom. The molecule has 4 nitrogen and oxygen atoms in total. The second-order valence-electron chi connectivity index (χ2n) is 5.88. The van der Waals surface area contributed by atoms with E-state index in [2.05, 4.69) is 0 Å². The van der Waals surface area contributed by atoms with Gasteiger partial charge < -0.3 is 0 Å². The van der Waals surface area contributed by atoms with Gasteiger partial charge in [-0.15, -0.1) is 0 Å². The molecule has 1 aliphatic carbocycles. The lowest BCUT2D eigenvalue weighted by Crippen LogP contribution is -2.32. The molecule has 2 fully saturated rings. The third kappa shape index (κ3) is 2.51. The van der Waals surface area contributed by atoms with Gasteiger partial charge in [0.15, 0.2) is 0 Å². The summed E-state index contributed by atoms with van der Waals surface area (Å²) in [6.45, 7) is 0. The number of carbonyl (C=O) groups is 2. The minimum Gasteiger partial charge on any atom is -0.292 e. The standard InChI is InChI=1S/C17H19FN2O2/c1-19-15(11-12-7-3-2-4-8-12)16(21)20(17(19)22)14-10-6-5-9-13(14)18/h5-6,9-12H,2-4,7-8H2,1H3/b15-11-. The Morgan fingerprint density at radius 3 is 2.50 bits per heavy atom. The van der Waals surface area contributed by atoms with Crippen LogP contribution in [0.4, 0.5) is 14.9 Å². The number of anilines is 1. The molecule has 1 aliphatic heterocycles. The van der Waals surface area contributed by atoms with Gasteiger partial charge in [-0.25, -0.2) is 14.1 Å². The number of urea groups is 1. The Hall–Kier alpha value is -2.17. The van der Waals surface area contributed by atoms with Gasteiger partial charge in [0.25, 0.3) is 5.91 Å². The number of para-hydroxylation sites is 1. The first kappa shape index (κ1) is 14.8. The van der Waals surface area contributed by atoms with E-state index >= 15 is 0 Å². The number of carbonyl (C=O) groups excluding carboxylic acids is 2. The van der Waals surface area contributed by atoms with Gasteiger partial charge in [-0.2, -0.15) is 0 Å². The number of likely N-dealkylation sites (N-methyl/N-ethyl adjacent to an activating group) is 1. The van der Waals surface area contributed by atoms with Crippen LogP contribution in [-0.4, -0.2) is 23.9 Å². The number of rotatable bonds is 2. The average Bonchev–Trinajstić information content (AvgIpc) is 2.73. The lowest BCUT2D eigenvalue weighted by Gasteiger charge is -2.19. The Bertz CT molecular complexity index is 635. The first-order chi connectivity index (χ1) is 10.6. The van der Waals surface area contributed by atoms with Crippen molar-refractivity contribution in [3.05, 3.63) is 41.9 Å². The smallest absolute Gasteiger partial charge is 0.292 e. The molecule has 0 atom stereocenters. The van der Waals surface area contributed by atoms with Crippen molar-refractivity contribution >= 4 is 17.6 Å². The third-order valence-corrected chi connectivity index (χ3v) is 4.40. The highest BCUT2D eigenvalue weighted by Gasteiger charge is 2.41. The molecule has 5 heteroatoms. The number of hydrogen-bond acceptors (Lipinski definition) is 2. The second-order valence-corrected chi connectivity index (χ2v) is 5.88. The number of nitrogens with zero attached hydrogens (tertiary/aromatic N) is 2. The van der Waals surface area contributed by atoms with E-state index in [1.54, 1.807) is 13.1 Å². The Labute approximate surface area is 129 Å². The molecule has 1 saturated heterocycles. The van der Waals surface area contributed by atoms with E-state index in [-0.39, 0.29) is 5.69 Å². The molecule has 2 aliphatic rings. The summed E-state index contributed by atoms with van der Waals surface area (Å²) in [4.78, 5) is 27.2. The van der Waals surface area contributed by atoms with E-state index in [0.29, 0.717) is 11.6 Å². The molecule has 0 radical (unpaired) electrons. The molecule has 1 aromatic carbocycles. The molecule has 0 N–H and O–H groups in total. The topological polar surface area (TPSA) is 40.6 Å². The van der Waals surface area contributed by atoms with Crippen molar-refractivity contribution in [2.75, 3.05) is 11.9 Å². The van der Waals surface area contributed by atoms with Crippen molar-refractivity contribution in [3.63, 3.8) is 0 Å². The first-order valence-electron chi connectivity index (χ1n) is 7.68. The van der Waals surface area contributed by atoms with Crippen LogP contribution in [-0.2, 0) is 4.79 Å². The maximum atomic E-state index is 13.9. The predicted molar refractivity (Wildman–Crippen MR) is 81.7 cm³/mol. The Kier molecular flexibility index (Phi) is 3.96. The van der Waals surface area contributed by atoms with Gasteiger partial charge in [-0.05, 0) is 30.9 Å². The number of amides is 3. The van der Waals surface area contributed by atoms with E-state index in [4.69, 9.17) is 0 Å². The quantitative estimate of drug-likeness (QED) is 0.617. The van der Waals surface area contributed by atoms with Crippen LogP contribution in [0.3, 0.4) is 0 Å². The molecular formula is C17H19FN2O2. The number of benzene rings is 1. The largest absolute Gasteiger partial charge is 0.336 e. The summed E-state index contributed by atoms with van der Waals surface area (Å²) in [6.07, 6.45) is 7.50. The highest BCUT2D eigenvalue weighted by molar-refractivity contribution is 6.26. The average molecular weight is 302 g/mol. The molecule has 0 aromatic heterocycles. The fourth-order valence-corrected chi connectivity index (χ4v) is 3.15. The van der Waals surface area contributed by atoms with E-state index in [1.807, 2.05) is 6.08 Å². The van der Waals surface area contributed by atoms with Crippen LogP contribution in [0.15, 0.2) is 36.0 Å². The second kappa shape index (κ2) is 5.91. The van der Waals surface area contributed by atoms with Crippen molar-refractivity contribution in [2.45, 2.75) is 32.1 Å². The van der Waals surface area contributed by atoms with Crippen molar-refractivity contribution in [3.8, 4) is 0 Å². The lowest BCUT2D eigenvalue weighted by molar-refractivity contribution is -0.114. The molecule has 0 spiro atoms. The molecule has 3 amide bonds. The molecule has 116 valence electrons. The van der Waals surface area contributed by atoms with Gasteiger partial charge in [-0.3, -0.25) is 9.69 Å². The van der Waals surface area contributed by atoms with Crippen LogP contribution in [0, 0.1) is 11.7 Å². The fourth-order valence-electron chi connectivity index (χ4n) is 3.15. The van der Waals surface area contributed by atoms with Gasteiger partial charge in [-0.1, -0.05) is 37.5 Å². The summed E-state index contributed by atoms with van der Waals surface area (Å²) >= 11 is 0. The number of hydrogen-bond donors (Lipinski definition) is 0. The van der Waals surface area contributed by atoms with Crippen molar-refractivity contribution in [1.29, 1.82) is 0 Å². The van der Waals surface area contributed by atoms with E-state index in [9.17, 15) is 14.0 Å². The van der Waals surface area contributed by atoms with Crippen LogP contribution in [0.2, 0.25) is 0 Å². The van der Waals surface area contributed by atoms with Gasteiger partial charge >= 0.3 is 6.03 Å². The van der Waals surface area contributed by atoms with Crippen LogP contribution in [0.1, 0.15) is 32.1 Å². The van der Waals surface area contributed by atoms with Crippen LogP contribution < -0.4 is 4.90 Å². The molecular weight excluding hydrogens is 283 g/mol. The summed E-state index contributed by atoms with van der Waals surface area (Å²) in [5, 5.41) is 0. The lowest BCUT2D eigenvalue weighted by atomic mass is 9.88. The van der Waals surface area contributed by atoms with E-state index < -0.39 is 17.8 Å². The predicted octanol–water partition coefficient (Wildman–Crippen LogP) is 3.69. The highest BCUT2D eigenvalue weighted by atomic mass is 19.1. The minimum absolute atomic E-state index is 0.0106. The van der Waals surface area contributed by atoms with Crippen molar-refractivity contribution < 1.29 is 14.0 Å². The summed E-state index contributed by atoms with van der Waals surface area (Å²) in [7, 11) is 1.57. The minimum atomic E-state index is -0.573. The number of imide groups is 1. The molecule has 1 heterocycles. The molecule has 1 aromatic rings. The van der Waals surface area contributed by atoms with Gasteiger partial charge in [0.2, 0.25) is 0 Å². The Morgan fingerprint density at radius 2 is 1.82 bits per heavy atom. The molecule has 0 bridgehead atoms. The zero-order chi connectivity index (χ0) is 15.7. The van der Waals surface area contributed by atoms with Gasteiger partial charge in [0, 0.05) is 7.05 Å². The zero-order valence-electron chi connectivity index (χ0n) is 12.6.